The van der Waals surface area contributed by atoms with Crippen molar-refractivity contribution in [2.45, 2.75) is 25.8 Å². The number of hydrogen-bond donors (Lipinski definition) is 2. The average Bonchev–Trinajstić information content (AvgIpc) is 2.49. The Bertz CT molecular complexity index is 696. The van der Waals surface area contributed by atoms with Gasteiger partial charge in [-0.1, -0.05) is 6.07 Å². The Balaban J connectivity index is 2.10. The van der Waals surface area contributed by atoms with Crippen molar-refractivity contribution in [1.29, 1.82) is 0 Å². The lowest BCUT2D eigenvalue weighted by molar-refractivity contribution is -0.142. The number of carbonyl (C=O) groups is 1. The van der Waals surface area contributed by atoms with E-state index >= 15 is 0 Å². The van der Waals surface area contributed by atoms with E-state index in [9.17, 15) is 22.0 Å². The number of piperidine rings is 1. The van der Waals surface area contributed by atoms with Gasteiger partial charge in [0.1, 0.15) is 0 Å². The van der Waals surface area contributed by atoms with Gasteiger partial charge in [0.2, 0.25) is 0 Å². The number of nitrogens with one attached hydrogen (secondary N) is 1. The van der Waals surface area contributed by atoms with E-state index in [0.717, 1.165) is 16.4 Å². The van der Waals surface area contributed by atoms with Crippen molar-refractivity contribution in [2.24, 2.45) is 5.92 Å². The molecule has 0 spiro atoms. The van der Waals surface area contributed by atoms with Crippen LogP contribution in [0.5, 0.6) is 0 Å². The molecular weight excluding hydrogens is 330 g/mol. The molecule has 1 aliphatic rings. The number of hydrogen-bond acceptors (Lipinski definition) is 3. The highest BCUT2D eigenvalue weighted by atomic mass is 32.2. The fourth-order valence-electron chi connectivity index (χ4n) is 2.51. The highest BCUT2D eigenvalue weighted by Crippen LogP contribution is 2.21. The Hall–Kier alpha value is -1.58. The number of aliphatic carboxylic acids is 1. The Morgan fingerprint density at radius 3 is 2.70 bits per heavy atom. The standard InChI is InChI=1S/C14H18F2N2O4S/c1-9(10-4-5-12(15)13(16)7-10)17-23(21,22)18-6-2-3-11(8-18)14(19)20/h4-5,7,9,11,17H,2-3,6,8H2,1H3,(H,19,20). The van der Waals surface area contributed by atoms with Gasteiger partial charge >= 0.3 is 5.97 Å². The minimum Gasteiger partial charge on any atom is -0.481 e. The SMILES string of the molecule is CC(NS(=O)(=O)N1CCCC(C(=O)O)C1)c1ccc(F)c(F)c1. The van der Waals surface area contributed by atoms with Crippen molar-refractivity contribution >= 4 is 16.2 Å². The molecule has 2 rings (SSSR count). The zero-order valence-corrected chi connectivity index (χ0v) is 13.3. The smallest absolute Gasteiger partial charge is 0.307 e. The summed E-state index contributed by atoms with van der Waals surface area (Å²) in [5.41, 5.74) is 0.277. The van der Waals surface area contributed by atoms with E-state index in [1.54, 1.807) is 0 Å². The molecule has 0 aliphatic carbocycles. The van der Waals surface area contributed by atoms with Gasteiger partial charge in [-0.15, -0.1) is 0 Å². The summed E-state index contributed by atoms with van der Waals surface area (Å²) in [6.07, 6.45) is 0.886. The monoisotopic (exact) mass is 348 g/mol. The molecule has 0 aromatic heterocycles. The normalized spacial score (nSPS) is 21.1. The quantitative estimate of drug-likeness (QED) is 0.847. The van der Waals surface area contributed by atoms with Gasteiger partial charge in [0, 0.05) is 19.1 Å². The lowest BCUT2D eigenvalue weighted by Crippen LogP contribution is -2.47. The molecule has 9 heteroatoms. The predicted molar refractivity (Wildman–Crippen MR) is 78.8 cm³/mol. The van der Waals surface area contributed by atoms with Crippen LogP contribution in [0.15, 0.2) is 18.2 Å². The van der Waals surface area contributed by atoms with Crippen molar-refractivity contribution in [3.8, 4) is 0 Å². The van der Waals surface area contributed by atoms with Crippen LogP contribution in [-0.4, -0.2) is 36.9 Å². The van der Waals surface area contributed by atoms with E-state index in [1.807, 2.05) is 0 Å². The fourth-order valence-corrected chi connectivity index (χ4v) is 3.99. The third-order valence-corrected chi connectivity index (χ3v) is 5.51. The van der Waals surface area contributed by atoms with Crippen molar-refractivity contribution in [2.75, 3.05) is 13.1 Å². The molecule has 23 heavy (non-hydrogen) atoms. The molecule has 2 atom stereocenters. The number of carboxylic acid groups (broad SMARTS) is 1. The van der Waals surface area contributed by atoms with E-state index in [-0.39, 0.29) is 18.7 Å². The van der Waals surface area contributed by atoms with Gasteiger partial charge in [0.25, 0.3) is 10.2 Å². The number of halogens is 2. The van der Waals surface area contributed by atoms with E-state index < -0.39 is 39.8 Å². The first-order valence-corrected chi connectivity index (χ1v) is 8.60. The highest BCUT2D eigenvalue weighted by molar-refractivity contribution is 7.87. The van der Waals surface area contributed by atoms with Crippen LogP contribution in [0.4, 0.5) is 8.78 Å². The lowest BCUT2D eigenvalue weighted by atomic mass is 10.0. The van der Waals surface area contributed by atoms with Crippen LogP contribution in [0.3, 0.4) is 0 Å². The first-order valence-electron chi connectivity index (χ1n) is 7.16. The lowest BCUT2D eigenvalue weighted by Gasteiger charge is -2.31. The zero-order valence-electron chi connectivity index (χ0n) is 12.5. The number of nitrogens with zero attached hydrogens (tertiary/aromatic N) is 1. The molecule has 2 unspecified atom stereocenters. The number of carboxylic acids is 1. The number of benzene rings is 1. The topological polar surface area (TPSA) is 86.7 Å². The summed E-state index contributed by atoms with van der Waals surface area (Å²) in [4.78, 5) is 11.0. The van der Waals surface area contributed by atoms with Gasteiger partial charge in [-0.05, 0) is 37.5 Å². The maximum Gasteiger partial charge on any atom is 0.307 e. The summed E-state index contributed by atoms with van der Waals surface area (Å²) < 4.78 is 54.3. The highest BCUT2D eigenvalue weighted by Gasteiger charge is 2.33. The van der Waals surface area contributed by atoms with Crippen LogP contribution in [0, 0.1) is 17.6 Å². The Labute approximate surface area is 133 Å². The summed E-state index contributed by atoms with van der Waals surface area (Å²) in [5, 5.41) is 9.02. The first kappa shape index (κ1) is 17.8. The van der Waals surface area contributed by atoms with E-state index in [0.29, 0.717) is 12.8 Å². The van der Waals surface area contributed by atoms with Crippen LogP contribution in [0.25, 0.3) is 0 Å². The molecule has 0 amide bonds. The van der Waals surface area contributed by atoms with E-state index in [4.69, 9.17) is 5.11 Å². The van der Waals surface area contributed by atoms with Crippen LogP contribution >= 0.6 is 0 Å². The summed E-state index contributed by atoms with van der Waals surface area (Å²) in [7, 11) is -3.92. The van der Waals surface area contributed by atoms with Gasteiger partial charge in [-0.3, -0.25) is 4.79 Å². The molecule has 0 saturated carbocycles. The van der Waals surface area contributed by atoms with Crippen LogP contribution in [-0.2, 0) is 15.0 Å². The van der Waals surface area contributed by atoms with Gasteiger partial charge in [0.05, 0.1) is 5.92 Å². The minimum absolute atomic E-state index is 0.102. The molecule has 128 valence electrons. The predicted octanol–water partition coefficient (Wildman–Crippen LogP) is 1.66. The summed E-state index contributed by atoms with van der Waals surface area (Å²) >= 11 is 0. The minimum atomic E-state index is -3.92. The third-order valence-electron chi connectivity index (χ3n) is 3.84. The summed E-state index contributed by atoms with van der Waals surface area (Å²) in [6.45, 7) is 1.63. The van der Waals surface area contributed by atoms with Gasteiger partial charge in [-0.25, -0.2) is 8.78 Å². The largest absolute Gasteiger partial charge is 0.481 e. The molecule has 2 N–H and O–H groups in total. The second-order valence-corrected chi connectivity index (χ2v) is 7.26. The van der Waals surface area contributed by atoms with Crippen LogP contribution in [0.1, 0.15) is 31.4 Å². The maximum absolute atomic E-state index is 13.2. The molecule has 1 fully saturated rings. The van der Waals surface area contributed by atoms with Crippen molar-refractivity contribution in [1.82, 2.24) is 9.03 Å². The molecule has 1 heterocycles. The van der Waals surface area contributed by atoms with Crippen molar-refractivity contribution in [3.05, 3.63) is 35.4 Å². The molecule has 1 saturated heterocycles. The van der Waals surface area contributed by atoms with Crippen LogP contribution < -0.4 is 4.72 Å². The van der Waals surface area contributed by atoms with Gasteiger partial charge in [-0.2, -0.15) is 17.4 Å². The third kappa shape index (κ3) is 4.24. The van der Waals surface area contributed by atoms with Gasteiger partial charge in [0.15, 0.2) is 11.6 Å². The average molecular weight is 348 g/mol. The summed E-state index contributed by atoms with van der Waals surface area (Å²) in [6, 6.07) is 2.37. The second kappa shape index (κ2) is 6.90. The first-order chi connectivity index (χ1) is 10.7. The number of rotatable bonds is 5. The zero-order chi connectivity index (χ0) is 17.2. The van der Waals surface area contributed by atoms with Crippen molar-refractivity contribution < 1.29 is 27.1 Å². The molecule has 6 nitrogen and oxygen atoms in total. The second-order valence-electron chi connectivity index (χ2n) is 5.55. The molecule has 1 aromatic rings. The molecule has 0 radical (unpaired) electrons. The maximum atomic E-state index is 13.2. The molecular formula is C14H18F2N2O4S. The Morgan fingerprint density at radius 1 is 1.39 bits per heavy atom. The molecule has 1 aromatic carbocycles. The van der Waals surface area contributed by atoms with Crippen molar-refractivity contribution in [3.63, 3.8) is 0 Å². The van der Waals surface area contributed by atoms with Gasteiger partial charge < -0.3 is 5.11 Å². The molecule has 0 bridgehead atoms. The van der Waals surface area contributed by atoms with Crippen LogP contribution in [0.2, 0.25) is 0 Å². The van der Waals surface area contributed by atoms with E-state index in [2.05, 4.69) is 4.72 Å². The fraction of sp³-hybridized carbons (Fsp3) is 0.500. The Morgan fingerprint density at radius 2 is 2.09 bits per heavy atom. The van der Waals surface area contributed by atoms with E-state index in [1.165, 1.54) is 13.0 Å². The molecule has 1 aliphatic heterocycles. The summed E-state index contributed by atoms with van der Waals surface area (Å²) in [5.74, 6) is -3.83. The Kier molecular flexibility index (Phi) is 5.33.